The van der Waals surface area contributed by atoms with E-state index in [-0.39, 0.29) is 126 Å². The van der Waals surface area contributed by atoms with Crippen LogP contribution in [0.3, 0.4) is 0 Å². The molecule has 12 rings (SSSR count). The van der Waals surface area contributed by atoms with Gasteiger partial charge in [0.2, 0.25) is 0 Å². The lowest BCUT2D eigenvalue weighted by Crippen LogP contribution is -2.45. The van der Waals surface area contributed by atoms with Gasteiger partial charge in [-0.15, -0.1) is 0 Å². The zero-order valence-electron chi connectivity index (χ0n) is 75.5. The molecule has 5 aliphatic rings. The Morgan fingerprint density at radius 2 is 0.746 bits per heavy atom. The van der Waals surface area contributed by atoms with Crippen LogP contribution in [-0.2, 0) is 101 Å². The molecule has 0 amide bonds. The number of halogens is 1. The van der Waals surface area contributed by atoms with Gasteiger partial charge in [0.15, 0.2) is 16.6 Å². The minimum Gasteiger partial charge on any atom is -0.411 e. The number of nitro benzene ring substituents is 2. The van der Waals surface area contributed by atoms with Crippen molar-refractivity contribution in [1.29, 1.82) is 0 Å². The van der Waals surface area contributed by atoms with Gasteiger partial charge in [-0.2, -0.15) is 8.62 Å². The molecule has 0 radical (unpaired) electrons. The molecule has 2 aromatic carbocycles. The third kappa shape index (κ3) is 29.7. The summed E-state index contributed by atoms with van der Waals surface area (Å²) in [6, 6.07) is 11.8. The maximum atomic E-state index is 12.4. The van der Waals surface area contributed by atoms with E-state index in [4.69, 9.17) is 62.0 Å². The maximum absolute atomic E-state index is 12.4. The molecule has 744 valence electrons. The highest BCUT2D eigenvalue weighted by atomic mass is 79.9. The summed E-state index contributed by atoms with van der Waals surface area (Å²) in [7, 11) is -20.7. The van der Waals surface area contributed by atoms with Crippen LogP contribution in [0.15, 0.2) is 127 Å². The van der Waals surface area contributed by atoms with Crippen molar-refractivity contribution < 1.29 is 124 Å². The standard InChI is InChI=1S/C17H29BrN2O4Si.C17H22N3O17P3.C17H19N3O8.C17H30N2O4Si.C10H14N2O5/c1-7-12-13(24-25(5,6)17(2,3)4)8-14(23-12)20-10-11(9-18)15(21)19-16(20)22;21-13-5-15(35-14(13)9-34-39(29,30)37-40(31,32)36-38(26,27)28)19-6-11(16(22)18-17(19)23)8-33-7-10-3-1-2-4-12(10)20(24)25;21-7-14-13(22)5-15(28-14)19-6-11(16(23)18-17(19)24)9-27-8-10-3-1-2-4-12(10)20(25)26;1-8-12-13(23-24(6,7)17(3,4)5)9-14(22-12)19-10-11(2)15(20)18-16(19)21;1-5-3-12(10(16)11-9(5)15)8-2-6(14)7(4-13)17-8/h10,12-14H,7-9H2,1-6H3,(H,19,21,22);1-4,6,13-15,21H,5,7-9H2,(H,29,30)(H,31,32)(H,18,22,23)(H2,26,27,28);1-4,6,13-15,21-22H,5,7-9H2,(H,18,23,24);10,12-14H,8-9H2,1-7H3,(H,18,20,21);3,6-8,13-14H,2,4H2,1H3,(H,11,15,16)/t12-,13-,14-;2*13-,14-,15-;12-,13-,14-;6-,7-,8-/m11111/s1. The van der Waals surface area contributed by atoms with E-state index in [2.05, 4.69) is 131 Å². The zero-order valence-corrected chi connectivity index (χ0v) is 81.8. The van der Waals surface area contributed by atoms with E-state index in [0.717, 1.165) is 28.2 Å². The Hall–Kier alpha value is -8.60. The van der Waals surface area contributed by atoms with Crippen LogP contribution in [-0.4, -0.2) is 200 Å². The van der Waals surface area contributed by atoms with E-state index in [1.165, 1.54) is 56.4 Å². The van der Waals surface area contributed by atoms with Gasteiger partial charge in [0.05, 0.1) is 121 Å². The summed E-state index contributed by atoms with van der Waals surface area (Å²) in [5.41, 5.74) is -4.07. The Morgan fingerprint density at radius 3 is 1.07 bits per heavy atom. The van der Waals surface area contributed by atoms with Gasteiger partial charge in [0, 0.05) is 97.2 Å². The Balaban J connectivity index is 0.000000211. The van der Waals surface area contributed by atoms with E-state index in [1.807, 2.05) is 4.98 Å². The number of rotatable bonds is 31. The fourth-order valence-electron chi connectivity index (χ4n) is 13.7. The molecule has 56 heteroatoms. The number of aromatic amines is 5. The van der Waals surface area contributed by atoms with Crippen LogP contribution in [0.5, 0.6) is 0 Å². The van der Waals surface area contributed by atoms with Gasteiger partial charge in [-0.3, -0.25) is 96.5 Å². The third-order valence-corrected chi connectivity index (χ3v) is 36.4. The van der Waals surface area contributed by atoms with Gasteiger partial charge < -0.3 is 87.1 Å². The molecule has 5 aromatic heterocycles. The van der Waals surface area contributed by atoms with Gasteiger partial charge in [-0.05, 0) is 75.1 Å². The molecule has 2 unspecified atom stereocenters. The number of nitrogens with zero attached hydrogens (tertiary/aromatic N) is 7. The summed E-state index contributed by atoms with van der Waals surface area (Å²) >= 11 is 3.28. The lowest BCUT2D eigenvalue weighted by Gasteiger charge is -2.39. The number of ether oxygens (including phenoxy) is 7. The van der Waals surface area contributed by atoms with Crippen LogP contribution in [0.1, 0.15) is 170 Å². The van der Waals surface area contributed by atoms with Crippen LogP contribution >= 0.6 is 39.4 Å². The number of aryl methyl sites for hydroxylation is 2. The number of H-pyrrole nitrogens is 5. The van der Waals surface area contributed by atoms with Gasteiger partial charge >= 0.3 is 51.9 Å². The van der Waals surface area contributed by atoms with Crippen molar-refractivity contribution in [2.45, 2.75) is 274 Å². The molecule has 0 saturated carbocycles. The smallest absolute Gasteiger partial charge is 0.411 e. The summed E-state index contributed by atoms with van der Waals surface area (Å²) in [6.45, 7) is 27.0. The highest BCUT2D eigenvalue weighted by molar-refractivity contribution is 9.08. The summed E-state index contributed by atoms with van der Waals surface area (Å²) in [5.74, 6) is 0. The SMILES string of the molecule is CC[C@H]1O[C@@H](n2cc(C)c(=O)[nH]c2=O)C[C@H]1O[Si](C)(C)C(C)(C)C.CC[C@H]1O[C@@H](n2cc(CBr)c(=O)[nH]c2=O)C[C@H]1O[Si](C)(C)C(C)(C)C.Cc1cn([C@H]2C[C@@H](O)[C@@H](CO)O2)c(=O)[nH]c1=O.O=c1[nH]c(=O)n([C@H]2C[C@@H](O)[C@@H](CO)O2)cc1COCc1ccccc1[N+](=O)[O-].O=c1[nH]c(=O)n([C@H]2C[C@@H](O)[C@@H](COP(=O)(O)OP(=O)(O)OP(=O)(O)O)O2)cc1COCc1ccccc1[N+](=O)[O-]. The first-order valence-corrected chi connectivity index (χ1v) is 53.3. The number of phosphoric acid groups is 3. The van der Waals surface area contributed by atoms with Crippen molar-refractivity contribution in [3.05, 3.63) is 243 Å². The summed E-state index contributed by atoms with van der Waals surface area (Å²) in [5, 5.41) is 70.5. The first kappa shape index (κ1) is 111. The number of hydrogen-bond acceptors (Lipinski definition) is 34. The molecule has 5 saturated heterocycles. The third-order valence-electron chi connectivity index (χ3n) is 23.0. The first-order valence-electron chi connectivity index (χ1n) is 41.9. The van der Waals surface area contributed by atoms with E-state index in [0.29, 0.717) is 40.4 Å². The second kappa shape index (κ2) is 46.7. The zero-order chi connectivity index (χ0) is 100.0. The number of para-hydroxylation sites is 2. The van der Waals surface area contributed by atoms with Gasteiger partial charge in [0.1, 0.15) is 49.5 Å². The molecule has 50 nitrogen and oxygen atoms in total. The Morgan fingerprint density at radius 1 is 0.448 bits per heavy atom. The van der Waals surface area contributed by atoms with Crippen LogP contribution in [0, 0.1) is 34.1 Å². The Bertz CT molecular complexity index is 6060. The van der Waals surface area contributed by atoms with E-state index in [1.54, 1.807) is 44.4 Å². The van der Waals surface area contributed by atoms with Crippen molar-refractivity contribution in [2.75, 3.05) is 19.8 Å². The average Bonchev–Trinajstić information content (AvgIpc) is 1.65. The molecule has 0 bridgehead atoms. The van der Waals surface area contributed by atoms with E-state index >= 15 is 0 Å². The molecular weight excluding hydrogens is 1940 g/mol. The normalized spacial score (nSPS) is 24.0. The Labute approximate surface area is 772 Å². The molecule has 14 N–H and O–H groups in total. The molecule has 10 heterocycles. The average molecular weight is 2060 g/mol. The van der Waals surface area contributed by atoms with Crippen molar-refractivity contribution in [2.24, 2.45) is 0 Å². The van der Waals surface area contributed by atoms with Crippen molar-refractivity contribution >= 4 is 67.4 Å². The number of aliphatic hydroxyl groups is 5. The second-order valence-electron chi connectivity index (χ2n) is 34.7. The highest BCUT2D eigenvalue weighted by Crippen LogP contribution is 2.66. The molecule has 17 atom stereocenters. The number of nitrogens with one attached hydrogen (secondary N) is 5. The molecule has 134 heavy (non-hydrogen) atoms. The highest BCUT2D eigenvalue weighted by Gasteiger charge is 2.49. The van der Waals surface area contributed by atoms with Crippen molar-refractivity contribution in [1.82, 2.24) is 47.8 Å². The van der Waals surface area contributed by atoms with E-state index in [9.17, 15) is 107 Å². The molecular formula is C78H114BrN12O38P3Si2. The van der Waals surface area contributed by atoms with Crippen LogP contribution in [0.4, 0.5) is 11.4 Å². The molecule has 0 aliphatic carbocycles. The topological polar surface area (TPSA) is 705 Å². The summed E-state index contributed by atoms with van der Waals surface area (Å²) < 4.78 is 104. The van der Waals surface area contributed by atoms with Crippen LogP contribution in [0.2, 0.25) is 36.3 Å². The number of hydrogen-bond donors (Lipinski definition) is 14. The predicted octanol–water partition coefficient (Wildman–Crippen LogP) is 4.89. The number of phosphoric ester groups is 1. The van der Waals surface area contributed by atoms with Gasteiger partial charge in [0.25, 0.3) is 39.2 Å². The number of benzene rings is 2. The number of nitro groups is 2. The molecule has 5 fully saturated rings. The van der Waals surface area contributed by atoms with Gasteiger partial charge in [-0.25, -0.2) is 37.7 Å². The summed E-state index contributed by atoms with van der Waals surface area (Å²) in [4.78, 5) is 187. The minimum absolute atomic E-state index is 0.0278. The predicted molar refractivity (Wildman–Crippen MR) is 481 cm³/mol. The molecule has 5 aliphatic heterocycles. The number of aromatic nitrogens is 10. The summed E-state index contributed by atoms with van der Waals surface area (Å²) in [6.07, 6.45) is -0.116. The quantitative estimate of drug-likeness (QED) is 0.00904. The largest absolute Gasteiger partial charge is 0.490 e. The number of aliphatic hydroxyl groups excluding tert-OH is 5. The fourth-order valence-corrected chi connectivity index (χ4v) is 19.9. The monoisotopic (exact) mass is 2050 g/mol. The lowest BCUT2D eigenvalue weighted by atomic mass is 10.1. The maximum Gasteiger partial charge on any atom is 0.490 e. The minimum atomic E-state index is -5.75. The first-order chi connectivity index (χ1) is 62.3. The second-order valence-corrected chi connectivity index (χ2v) is 49.2. The molecule has 7 aromatic rings. The Kier molecular flexibility index (Phi) is 38.6. The van der Waals surface area contributed by atoms with E-state index < -0.39 is 176 Å². The molecule has 0 spiro atoms. The van der Waals surface area contributed by atoms with Crippen molar-refractivity contribution in [3.63, 3.8) is 0 Å². The van der Waals surface area contributed by atoms with Crippen molar-refractivity contribution in [3.8, 4) is 0 Å². The fraction of sp³-hybridized carbons (Fsp3) is 0.590. The van der Waals surface area contributed by atoms with Crippen LogP contribution < -0.4 is 56.2 Å². The number of alkyl halides is 1. The van der Waals surface area contributed by atoms with Gasteiger partial charge in [-0.1, -0.05) is 95.6 Å². The van der Waals surface area contributed by atoms with Crippen LogP contribution in [0.25, 0.3) is 0 Å². The lowest BCUT2D eigenvalue weighted by molar-refractivity contribution is -0.386.